The van der Waals surface area contributed by atoms with Crippen molar-refractivity contribution in [3.8, 4) is 5.75 Å². The van der Waals surface area contributed by atoms with Crippen molar-refractivity contribution < 1.29 is 9.64 Å². The number of nitrogens with one attached hydrogen (secondary N) is 1. The van der Waals surface area contributed by atoms with Gasteiger partial charge in [0.15, 0.2) is 4.96 Å². The molecule has 4 rings (SSSR count). The maximum Gasteiger partial charge on any atom is 0.259 e. The van der Waals surface area contributed by atoms with Crippen LogP contribution in [-0.2, 0) is 19.4 Å². The monoisotopic (exact) mass is 370 g/mol. The van der Waals surface area contributed by atoms with E-state index in [9.17, 15) is 4.79 Å². The van der Waals surface area contributed by atoms with Crippen LogP contribution < -0.4 is 15.2 Å². The highest BCUT2D eigenvalue weighted by Gasteiger charge is 2.19. The van der Waals surface area contributed by atoms with E-state index >= 15 is 0 Å². The number of nitrogens with zero attached hydrogens (tertiary/aromatic N) is 2. The van der Waals surface area contributed by atoms with Gasteiger partial charge in [0.2, 0.25) is 0 Å². The van der Waals surface area contributed by atoms with Crippen molar-refractivity contribution >= 4 is 16.3 Å². The van der Waals surface area contributed by atoms with E-state index in [0.29, 0.717) is 6.61 Å². The number of hydrogen-bond donors (Lipinski definition) is 1. The lowest BCUT2D eigenvalue weighted by Crippen LogP contribution is -3.08. The number of ether oxygens (including phenoxy) is 1. The van der Waals surface area contributed by atoms with Gasteiger partial charge in [-0.1, -0.05) is 18.2 Å². The molecule has 0 aliphatic heterocycles. The molecule has 5 nitrogen and oxygen atoms in total. The minimum atomic E-state index is 0.0673. The molecule has 136 valence electrons. The van der Waals surface area contributed by atoms with Crippen molar-refractivity contribution in [1.82, 2.24) is 9.38 Å². The fraction of sp³-hybridized carbons (Fsp3) is 0.400. The van der Waals surface area contributed by atoms with Gasteiger partial charge in [0, 0.05) is 16.6 Å². The fourth-order valence-corrected chi connectivity index (χ4v) is 4.72. The summed E-state index contributed by atoms with van der Waals surface area (Å²) >= 11 is 1.69. The summed E-state index contributed by atoms with van der Waals surface area (Å²) in [6.45, 7) is 2.23. The first-order chi connectivity index (χ1) is 12.7. The van der Waals surface area contributed by atoms with Gasteiger partial charge in [-0.05, 0) is 37.8 Å². The largest absolute Gasteiger partial charge is 0.488 e. The van der Waals surface area contributed by atoms with Crippen LogP contribution in [-0.4, -0.2) is 29.6 Å². The zero-order valence-electron chi connectivity index (χ0n) is 15.0. The van der Waals surface area contributed by atoms with Gasteiger partial charge in [-0.2, -0.15) is 0 Å². The number of likely N-dealkylation sites (N-methyl/N-ethyl adjacent to an activating group) is 1. The Hall–Kier alpha value is -2.18. The lowest BCUT2D eigenvalue weighted by Gasteiger charge is -2.14. The Morgan fingerprint density at radius 2 is 2.04 bits per heavy atom. The first-order valence-electron chi connectivity index (χ1n) is 9.23. The standard InChI is InChI=1S/C20H23N3O2S/c1-22(11-12-25-16-7-3-2-4-8-16)14-15-13-19(24)23-17-9-5-6-10-18(17)26-20(23)21-15/h2-4,7-8,13H,5-6,9-12,14H2,1H3/p+1. The van der Waals surface area contributed by atoms with Gasteiger partial charge in [0.25, 0.3) is 5.56 Å². The van der Waals surface area contributed by atoms with Crippen molar-refractivity contribution in [2.75, 3.05) is 20.2 Å². The third-order valence-corrected chi connectivity index (χ3v) is 5.98. The Morgan fingerprint density at radius 1 is 1.23 bits per heavy atom. The van der Waals surface area contributed by atoms with Gasteiger partial charge in [0.05, 0.1) is 7.05 Å². The molecular formula is C20H24N3O2S+. The smallest absolute Gasteiger partial charge is 0.259 e. The predicted octanol–water partition coefficient (Wildman–Crippen LogP) is 1.73. The molecular weight excluding hydrogens is 346 g/mol. The lowest BCUT2D eigenvalue weighted by atomic mass is 10.0. The fourth-order valence-electron chi connectivity index (χ4n) is 3.49. The lowest BCUT2D eigenvalue weighted by molar-refractivity contribution is -0.894. The van der Waals surface area contributed by atoms with Gasteiger partial charge >= 0.3 is 0 Å². The molecule has 0 spiro atoms. The second-order valence-electron chi connectivity index (χ2n) is 6.93. The number of thiazole rings is 1. The summed E-state index contributed by atoms with van der Waals surface area (Å²) in [6, 6.07) is 11.6. The van der Waals surface area contributed by atoms with Crippen molar-refractivity contribution in [2.45, 2.75) is 32.2 Å². The van der Waals surface area contributed by atoms with Crippen LogP contribution in [0.3, 0.4) is 0 Å². The molecule has 0 amide bonds. The van der Waals surface area contributed by atoms with Crippen LogP contribution in [0.15, 0.2) is 41.2 Å². The summed E-state index contributed by atoms with van der Waals surface area (Å²) < 4.78 is 7.59. The molecule has 2 aromatic heterocycles. The topological polar surface area (TPSA) is 48.0 Å². The van der Waals surface area contributed by atoms with E-state index in [1.165, 1.54) is 28.3 Å². The van der Waals surface area contributed by atoms with Crippen molar-refractivity contribution in [3.05, 3.63) is 63.0 Å². The van der Waals surface area contributed by atoms with Crippen LogP contribution in [0, 0.1) is 0 Å². The van der Waals surface area contributed by atoms with Crippen molar-refractivity contribution in [2.24, 2.45) is 0 Å². The first-order valence-corrected chi connectivity index (χ1v) is 10.0. The molecule has 2 heterocycles. The number of quaternary nitrogens is 1. The normalized spacial score (nSPS) is 15.0. The summed E-state index contributed by atoms with van der Waals surface area (Å²) in [5, 5.41) is 0. The second kappa shape index (κ2) is 7.60. The van der Waals surface area contributed by atoms with Gasteiger partial charge in [0.1, 0.15) is 31.1 Å². The van der Waals surface area contributed by atoms with Crippen molar-refractivity contribution in [1.29, 1.82) is 0 Å². The molecule has 0 saturated heterocycles. The molecule has 0 saturated carbocycles. The molecule has 1 aromatic carbocycles. The molecule has 3 aromatic rings. The number of aryl methyl sites for hydroxylation is 2. The number of benzene rings is 1. The number of rotatable bonds is 6. The quantitative estimate of drug-likeness (QED) is 0.719. The highest BCUT2D eigenvalue weighted by atomic mass is 32.1. The Morgan fingerprint density at radius 3 is 2.88 bits per heavy atom. The van der Waals surface area contributed by atoms with E-state index in [-0.39, 0.29) is 5.56 Å². The van der Waals surface area contributed by atoms with Crippen LogP contribution in [0.25, 0.3) is 4.96 Å². The summed E-state index contributed by atoms with van der Waals surface area (Å²) in [5.41, 5.74) is 2.13. The van der Waals surface area contributed by atoms with Gasteiger partial charge in [-0.15, -0.1) is 11.3 Å². The summed E-state index contributed by atoms with van der Waals surface area (Å²) in [4.78, 5) is 20.8. The predicted molar refractivity (Wildman–Crippen MR) is 103 cm³/mol. The molecule has 1 aliphatic rings. The Balaban J connectivity index is 1.43. The zero-order valence-corrected chi connectivity index (χ0v) is 15.8. The van der Waals surface area contributed by atoms with Gasteiger partial charge in [-0.25, -0.2) is 4.98 Å². The summed E-state index contributed by atoms with van der Waals surface area (Å²) in [5.74, 6) is 0.891. The summed E-state index contributed by atoms with van der Waals surface area (Å²) in [7, 11) is 2.11. The molecule has 1 unspecified atom stereocenters. The minimum Gasteiger partial charge on any atom is -0.488 e. The number of aromatic nitrogens is 2. The molecule has 0 radical (unpaired) electrons. The van der Waals surface area contributed by atoms with Crippen molar-refractivity contribution in [3.63, 3.8) is 0 Å². The van der Waals surface area contributed by atoms with E-state index in [2.05, 4.69) is 7.05 Å². The maximum absolute atomic E-state index is 12.6. The molecule has 1 atom stereocenters. The minimum absolute atomic E-state index is 0.0673. The third kappa shape index (κ3) is 3.66. The highest BCUT2D eigenvalue weighted by Crippen LogP contribution is 2.28. The maximum atomic E-state index is 12.6. The molecule has 6 heteroatoms. The number of fused-ring (bicyclic) bond motifs is 3. The SMILES string of the molecule is C[NH+](CCOc1ccccc1)Cc1cc(=O)n2c3c(sc2n1)CCCC3. The van der Waals surface area contributed by atoms with E-state index in [0.717, 1.165) is 42.3 Å². The van der Waals surface area contributed by atoms with Crippen LogP contribution in [0.2, 0.25) is 0 Å². The van der Waals surface area contributed by atoms with Crippen LogP contribution in [0.1, 0.15) is 29.1 Å². The second-order valence-corrected chi connectivity index (χ2v) is 7.99. The van der Waals surface area contributed by atoms with E-state index in [4.69, 9.17) is 9.72 Å². The third-order valence-electron chi connectivity index (χ3n) is 4.84. The van der Waals surface area contributed by atoms with Crippen LogP contribution in [0.5, 0.6) is 5.75 Å². The first kappa shape index (κ1) is 17.2. The van der Waals surface area contributed by atoms with E-state index in [1.54, 1.807) is 17.4 Å². The average molecular weight is 370 g/mol. The number of para-hydroxylation sites is 1. The average Bonchev–Trinajstić information content (AvgIpc) is 3.01. The Kier molecular flexibility index (Phi) is 5.04. The van der Waals surface area contributed by atoms with Crippen LogP contribution in [0.4, 0.5) is 0 Å². The molecule has 26 heavy (non-hydrogen) atoms. The zero-order chi connectivity index (χ0) is 17.9. The Bertz CT molecular complexity index is 949. The van der Waals surface area contributed by atoms with Crippen LogP contribution >= 0.6 is 11.3 Å². The van der Waals surface area contributed by atoms with Gasteiger partial charge in [-0.3, -0.25) is 9.20 Å². The summed E-state index contributed by atoms with van der Waals surface area (Å²) in [6.07, 6.45) is 4.47. The molecule has 0 bridgehead atoms. The molecule has 1 aliphatic carbocycles. The van der Waals surface area contributed by atoms with E-state index < -0.39 is 0 Å². The molecule has 1 N–H and O–H groups in total. The van der Waals surface area contributed by atoms with E-state index in [1.807, 2.05) is 34.7 Å². The molecule has 0 fully saturated rings. The Labute approximate surface area is 156 Å². The number of hydrogen-bond acceptors (Lipinski definition) is 4. The van der Waals surface area contributed by atoms with Gasteiger partial charge < -0.3 is 9.64 Å². The highest BCUT2D eigenvalue weighted by molar-refractivity contribution is 7.17.